The Labute approximate surface area is 93.8 Å². The van der Waals surface area contributed by atoms with Crippen LogP contribution in [0.15, 0.2) is 18.2 Å². The smallest absolute Gasteiger partial charge is 0.265 e. The van der Waals surface area contributed by atoms with E-state index in [1.807, 2.05) is 6.92 Å². The molecule has 2 nitrogen and oxygen atoms in total. The second-order valence-electron chi connectivity index (χ2n) is 4.42. The molecular weight excluding hydrogens is 210 g/mol. The summed E-state index contributed by atoms with van der Waals surface area (Å²) in [6.45, 7) is 2.03. The monoisotopic (exact) mass is 226 g/mol. The maximum absolute atomic E-state index is 12.8. The molecule has 3 N–H and O–H groups in total. The van der Waals surface area contributed by atoms with Crippen LogP contribution in [0, 0.1) is 5.92 Å². The third kappa shape index (κ3) is 2.43. The predicted molar refractivity (Wildman–Crippen MR) is 61.6 cm³/mol. The molecule has 0 bridgehead atoms. The van der Waals surface area contributed by atoms with Crippen LogP contribution in [0.4, 0.5) is 20.2 Å². The van der Waals surface area contributed by atoms with E-state index in [1.54, 1.807) is 12.1 Å². The molecule has 1 aliphatic rings. The van der Waals surface area contributed by atoms with Gasteiger partial charge in [-0.2, -0.15) is 0 Å². The second-order valence-corrected chi connectivity index (χ2v) is 4.42. The molecule has 1 aromatic carbocycles. The van der Waals surface area contributed by atoms with Crippen LogP contribution in [-0.4, -0.2) is 6.04 Å². The van der Waals surface area contributed by atoms with E-state index in [0.717, 1.165) is 0 Å². The summed E-state index contributed by atoms with van der Waals surface area (Å²) in [4.78, 5) is 0. The van der Waals surface area contributed by atoms with Crippen molar-refractivity contribution in [2.75, 3.05) is 11.1 Å². The second kappa shape index (κ2) is 4.28. The van der Waals surface area contributed by atoms with E-state index < -0.39 is 6.43 Å². The number of hydrogen-bond donors (Lipinski definition) is 2. The van der Waals surface area contributed by atoms with Crippen molar-refractivity contribution in [3.63, 3.8) is 0 Å². The predicted octanol–water partition coefficient (Wildman–Crippen LogP) is 3.42. The van der Waals surface area contributed by atoms with Gasteiger partial charge < -0.3 is 11.1 Å². The van der Waals surface area contributed by atoms with Gasteiger partial charge in [-0.05, 0) is 43.9 Å². The molecule has 1 atom stereocenters. The lowest BCUT2D eigenvalue weighted by Crippen LogP contribution is -2.18. The maximum Gasteiger partial charge on any atom is 0.265 e. The molecule has 0 saturated heterocycles. The van der Waals surface area contributed by atoms with Crippen molar-refractivity contribution in [1.29, 1.82) is 0 Å². The summed E-state index contributed by atoms with van der Waals surface area (Å²) in [5.74, 6) is 0.628. The first-order valence-corrected chi connectivity index (χ1v) is 5.52. The summed E-state index contributed by atoms with van der Waals surface area (Å²) < 4.78 is 25.6. The van der Waals surface area contributed by atoms with E-state index in [0.29, 0.717) is 17.3 Å². The summed E-state index contributed by atoms with van der Waals surface area (Å²) in [5, 5.41) is 3.15. The summed E-state index contributed by atoms with van der Waals surface area (Å²) in [7, 11) is 0. The van der Waals surface area contributed by atoms with Crippen molar-refractivity contribution in [2.45, 2.75) is 32.2 Å². The fourth-order valence-electron chi connectivity index (χ4n) is 1.85. The molecule has 1 aromatic rings. The molecule has 4 heteroatoms. The zero-order chi connectivity index (χ0) is 11.7. The van der Waals surface area contributed by atoms with Crippen LogP contribution in [0.25, 0.3) is 0 Å². The van der Waals surface area contributed by atoms with Crippen LogP contribution in [-0.2, 0) is 0 Å². The fourth-order valence-corrected chi connectivity index (χ4v) is 1.85. The number of nitrogen functional groups attached to an aromatic ring is 1. The molecule has 0 radical (unpaired) electrons. The molecule has 0 spiro atoms. The summed E-state index contributed by atoms with van der Waals surface area (Å²) in [5.41, 5.74) is 6.38. The van der Waals surface area contributed by atoms with E-state index in [9.17, 15) is 8.78 Å². The maximum atomic E-state index is 12.8. The summed E-state index contributed by atoms with van der Waals surface area (Å²) in [6.07, 6.45) is -0.113. The Kier molecular flexibility index (Phi) is 2.99. The average molecular weight is 226 g/mol. The quantitative estimate of drug-likeness (QED) is 0.772. The van der Waals surface area contributed by atoms with E-state index in [-0.39, 0.29) is 11.6 Å². The van der Waals surface area contributed by atoms with Gasteiger partial charge in [0.25, 0.3) is 6.43 Å². The third-order valence-corrected chi connectivity index (χ3v) is 3.02. The molecule has 0 amide bonds. The zero-order valence-corrected chi connectivity index (χ0v) is 9.21. The van der Waals surface area contributed by atoms with Gasteiger partial charge in [0.15, 0.2) is 0 Å². The van der Waals surface area contributed by atoms with Crippen LogP contribution in [0.1, 0.15) is 31.8 Å². The van der Waals surface area contributed by atoms with Crippen molar-refractivity contribution < 1.29 is 8.78 Å². The molecule has 1 fully saturated rings. The largest absolute Gasteiger partial charge is 0.399 e. The first-order chi connectivity index (χ1) is 7.58. The van der Waals surface area contributed by atoms with Gasteiger partial charge in [-0.3, -0.25) is 0 Å². The van der Waals surface area contributed by atoms with Crippen molar-refractivity contribution in [3.05, 3.63) is 23.8 Å². The number of benzene rings is 1. The first-order valence-electron chi connectivity index (χ1n) is 5.52. The summed E-state index contributed by atoms with van der Waals surface area (Å²) >= 11 is 0. The van der Waals surface area contributed by atoms with Crippen LogP contribution in [0.5, 0.6) is 0 Å². The Bertz CT molecular complexity index is 375. The Hall–Kier alpha value is -1.32. The number of anilines is 2. The van der Waals surface area contributed by atoms with Gasteiger partial charge in [-0.25, -0.2) is 8.78 Å². The molecule has 0 aliphatic heterocycles. The topological polar surface area (TPSA) is 38.0 Å². The number of rotatable bonds is 4. The fraction of sp³-hybridized carbons (Fsp3) is 0.500. The van der Waals surface area contributed by atoms with Gasteiger partial charge in [0.05, 0.1) is 0 Å². The van der Waals surface area contributed by atoms with Gasteiger partial charge in [-0.15, -0.1) is 0 Å². The van der Waals surface area contributed by atoms with E-state index >= 15 is 0 Å². The minimum atomic E-state index is -2.49. The van der Waals surface area contributed by atoms with Crippen molar-refractivity contribution in [2.24, 2.45) is 5.92 Å². The average Bonchev–Trinajstić information content (AvgIpc) is 3.03. The summed E-state index contributed by atoms with van der Waals surface area (Å²) in [6, 6.07) is 4.87. The van der Waals surface area contributed by atoms with E-state index in [2.05, 4.69) is 5.32 Å². The minimum Gasteiger partial charge on any atom is -0.399 e. The molecule has 0 aromatic heterocycles. The number of nitrogens with two attached hydrogens (primary N) is 1. The zero-order valence-electron chi connectivity index (χ0n) is 9.21. The lowest BCUT2D eigenvalue weighted by Gasteiger charge is -2.17. The lowest BCUT2D eigenvalue weighted by molar-refractivity contribution is 0.152. The molecule has 1 aliphatic carbocycles. The Morgan fingerprint density at radius 3 is 2.62 bits per heavy atom. The number of alkyl halides is 2. The van der Waals surface area contributed by atoms with E-state index in [1.165, 1.54) is 18.9 Å². The highest BCUT2D eigenvalue weighted by molar-refractivity contribution is 5.59. The van der Waals surface area contributed by atoms with Crippen molar-refractivity contribution in [3.8, 4) is 0 Å². The molecule has 1 saturated carbocycles. The van der Waals surface area contributed by atoms with Crippen LogP contribution >= 0.6 is 0 Å². The van der Waals surface area contributed by atoms with Crippen LogP contribution in [0.2, 0.25) is 0 Å². The number of hydrogen-bond acceptors (Lipinski definition) is 2. The Morgan fingerprint density at radius 2 is 2.06 bits per heavy atom. The lowest BCUT2D eigenvalue weighted by atomic mass is 10.1. The highest BCUT2D eigenvalue weighted by Crippen LogP contribution is 2.36. The number of nitrogens with one attached hydrogen (secondary N) is 1. The van der Waals surface area contributed by atoms with Gasteiger partial charge in [0.1, 0.15) is 0 Å². The highest BCUT2D eigenvalue weighted by Gasteiger charge is 2.28. The Morgan fingerprint density at radius 1 is 1.38 bits per heavy atom. The minimum absolute atomic E-state index is 0.00694. The molecule has 2 rings (SSSR count). The van der Waals surface area contributed by atoms with Crippen LogP contribution in [0.3, 0.4) is 0 Å². The highest BCUT2D eigenvalue weighted by atomic mass is 19.3. The molecule has 16 heavy (non-hydrogen) atoms. The molecular formula is C12H16F2N2. The molecule has 88 valence electrons. The third-order valence-electron chi connectivity index (χ3n) is 3.02. The standard InChI is InChI=1S/C12H16F2N2/c1-7(8-2-3-8)16-11-5-4-9(15)6-10(11)12(13)14/h4-8,12,16H,2-3,15H2,1H3. The molecule has 1 unspecified atom stereocenters. The van der Waals surface area contributed by atoms with Gasteiger partial charge in [0, 0.05) is 23.0 Å². The SMILES string of the molecule is CC(Nc1ccc(N)cc1C(F)F)C1CC1. The van der Waals surface area contributed by atoms with Gasteiger partial charge >= 0.3 is 0 Å². The first kappa shape index (κ1) is 11.2. The van der Waals surface area contributed by atoms with Gasteiger partial charge in [-0.1, -0.05) is 0 Å². The van der Waals surface area contributed by atoms with Crippen molar-refractivity contribution >= 4 is 11.4 Å². The van der Waals surface area contributed by atoms with Gasteiger partial charge in [0.2, 0.25) is 0 Å². The Balaban J connectivity index is 2.17. The van der Waals surface area contributed by atoms with Crippen LogP contribution < -0.4 is 11.1 Å². The molecule has 0 heterocycles. The van der Waals surface area contributed by atoms with Crippen molar-refractivity contribution in [1.82, 2.24) is 0 Å². The van der Waals surface area contributed by atoms with E-state index in [4.69, 9.17) is 5.73 Å². The number of halogens is 2. The normalized spacial score (nSPS) is 17.5.